The highest BCUT2D eigenvalue weighted by molar-refractivity contribution is 7.88. The highest BCUT2D eigenvalue weighted by atomic mass is 32.2. The topological polar surface area (TPSA) is 78.7 Å². The molecule has 0 bridgehead atoms. The van der Waals surface area contributed by atoms with Crippen molar-refractivity contribution in [1.82, 2.24) is 19.7 Å². The van der Waals surface area contributed by atoms with Gasteiger partial charge in [0, 0.05) is 52.4 Å². The van der Waals surface area contributed by atoms with Crippen LogP contribution in [0.5, 0.6) is 0 Å². The molecule has 0 atom stereocenters. The Hall–Kier alpha value is -0.960. The summed E-state index contributed by atoms with van der Waals surface area (Å²) in [5.41, 5.74) is 0.455. The van der Waals surface area contributed by atoms with Gasteiger partial charge in [-0.2, -0.15) is 0 Å². The van der Waals surface area contributed by atoms with Crippen molar-refractivity contribution < 1.29 is 12.9 Å². The van der Waals surface area contributed by atoms with Crippen LogP contribution in [0.4, 0.5) is 0 Å². The molecule has 0 aromatic carbocycles. The molecule has 114 valence electrons. The summed E-state index contributed by atoms with van der Waals surface area (Å²) in [6.45, 7) is 6.88. The molecule has 1 fully saturated rings. The van der Waals surface area contributed by atoms with E-state index in [0.29, 0.717) is 18.0 Å². The van der Waals surface area contributed by atoms with Crippen LogP contribution in [0.25, 0.3) is 0 Å². The van der Waals surface area contributed by atoms with Gasteiger partial charge < -0.3 is 9.84 Å². The quantitative estimate of drug-likeness (QED) is 0.774. The molecule has 1 aromatic heterocycles. The fourth-order valence-corrected chi connectivity index (χ4v) is 3.23. The third-order valence-electron chi connectivity index (χ3n) is 3.42. The maximum absolute atomic E-state index is 12.2. The molecule has 2 rings (SSSR count). The summed E-state index contributed by atoms with van der Waals surface area (Å²) in [4.78, 5) is 2.27. The largest absolute Gasteiger partial charge is 0.361 e. The van der Waals surface area contributed by atoms with Gasteiger partial charge in [0.2, 0.25) is 10.0 Å². The first-order valence-corrected chi connectivity index (χ1v) is 8.37. The Morgan fingerprint density at radius 3 is 2.75 bits per heavy atom. The standard InChI is InChI=1S/C12H22N4O3S/c1-11-9-12(14-19-11)10-20(17,18)15(2)7-8-16-5-3-13-4-6-16/h9,13H,3-8,10H2,1-2H3. The van der Waals surface area contributed by atoms with Crippen LogP contribution in [-0.4, -0.2) is 69.1 Å². The minimum Gasteiger partial charge on any atom is -0.361 e. The lowest BCUT2D eigenvalue weighted by molar-refractivity contribution is 0.229. The summed E-state index contributed by atoms with van der Waals surface area (Å²) < 4.78 is 30.7. The second-order valence-corrected chi connectivity index (χ2v) is 7.17. The number of nitrogens with one attached hydrogen (secondary N) is 1. The number of aromatic nitrogens is 1. The van der Waals surface area contributed by atoms with Crippen molar-refractivity contribution in [3.8, 4) is 0 Å². The maximum Gasteiger partial charge on any atom is 0.219 e. The van der Waals surface area contributed by atoms with E-state index in [1.54, 1.807) is 20.0 Å². The van der Waals surface area contributed by atoms with E-state index in [-0.39, 0.29) is 5.75 Å². The molecule has 20 heavy (non-hydrogen) atoms. The predicted octanol–water partition coefficient (Wildman–Crippen LogP) is -0.350. The Morgan fingerprint density at radius 2 is 2.15 bits per heavy atom. The molecule has 1 N–H and O–H groups in total. The van der Waals surface area contributed by atoms with E-state index in [1.807, 2.05) is 0 Å². The molecule has 0 radical (unpaired) electrons. The Morgan fingerprint density at radius 1 is 1.45 bits per heavy atom. The number of hydrogen-bond donors (Lipinski definition) is 1. The number of rotatable bonds is 6. The smallest absolute Gasteiger partial charge is 0.219 e. The summed E-state index contributed by atoms with van der Waals surface area (Å²) in [5.74, 6) is 0.515. The fourth-order valence-electron chi connectivity index (χ4n) is 2.14. The summed E-state index contributed by atoms with van der Waals surface area (Å²) >= 11 is 0. The molecular formula is C12H22N4O3S. The van der Waals surface area contributed by atoms with Crippen LogP contribution >= 0.6 is 0 Å². The predicted molar refractivity (Wildman–Crippen MR) is 75.8 cm³/mol. The Bertz CT molecular complexity index is 523. The van der Waals surface area contributed by atoms with Gasteiger partial charge in [0.05, 0.1) is 0 Å². The lowest BCUT2D eigenvalue weighted by Gasteiger charge is -2.28. The van der Waals surface area contributed by atoms with Gasteiger partial charge >= 0.3 is 0 Å². The van der Waals surface area contributed by atoms with E-state index in [0.717, 1.165) is 32.7 Å². The molecule has 0 saturated carbocycles. The lowest BCUT2D eigenvalue weighted by atomic mass is 10.3. The van der Waals surface area contributed by atoms with Crippen LogP contribution in [0.15, 0.2) is 10.6 Å². The van der Waals surface area contributed by atoms with Crippen molar-refractivity contribution in [2.24, 2.45) is 0 Å². The molecule has 1 saturated heterocycles. The number of nitrogens with zero attached hydrogens (tertiary/aromatic N) is 3. The van der Waals surface area contributed by atoms with E-state index in [9.17, 15) is 8.42 Å². The Balaban J connectivity index is 1.84. The zero-order chi connectivity index (χ0) is 14.6. The average Bonchev–Trinajstić information content (AvgIpc) is 2.81. The van der Waals surface area contributed by atoms with E-state index in [1.165, 1.54) is 4.31 Å². The molecule has 0 unspecified atom stereocenters. The van der Waals surface area contributed by atoms with Crippen LogP contribution in [0.3, 0.4) is 0 Å². The van der Waals surface area contributed by atoms with Crippen molar-refractivity contribution in [1.29, 1.82) is 0 Å². The first-order chi connectivity index (χ1) is 9.47. The fraction of sp³-hybridized carbons (Fsp3) is 0.750. The average molecular weight is 302 g/mol. The first-order valence-electron chi connectivity index (χ1n) is 6.77. The van der Waals surface area contributed by atoms with Crippen LogP contribution in [0, 0.1) is 6.92 Å². The van der Waals surface area contributed by atoms with Crippen LogP contribution < -0.4 is 5.32 Å². The van der Waals surface area contributed by atoms with Crippen molar-refractivity contribution in [3.05, 3.63) is 17.5 Å². The molecule has 1 aliphatic rings. The second-order valence-electron chi connectivity index (χ2n) is 5.10. The van der Waals surface area contributed by atoms with Gasteiger partial charge in [0.25, 0.3) is 0 Å². The van der Waals surface area contributed by atoms with Gasteiger partial charge in [-0.15, -0.1) is 0 Å². The minimum absolute atomic E-state index is 0.109. The van der Waals surface area contributed by atoms with Crippen molar-refractivity contribution in [2.75, 3.05) is 46.3 Å². The van der Waals surface area contributed by atoms with Crippen LogP contribution in [0.2, 0.25) is 0 Å². The molecule has 2 heterocycles. The first kappa shape index (κ1) is 15.4. The van der Waals surface area contributed by atoms with Gasteiger partial charge in [0.15, 0.2) is 0 Å². The normalized spacial score (nSPS) is 17.8. The van der Waals surface area contributed by atoms with Crippen molar-refractivity contribution in [3.63, 3.8) is 0 Å². The number of likely N-dealkylation sites (N-methyl/N-ethyl adjacent to an activating group) is 1. The zero-order valence-corrected chi connectivity index (χ0v) is 12.8. The van der Waals surface area contributed by atoms with Crippen LogP contribution in [0.1, 0.15) is 11.5 Å². The lowest BCUT2D eigenvalue weighted by Crippen LogP contribution is -2.46. The molecule has 0 aliphatic carbocycles. The molecule has 1 aliphatic heterocycles. The van der Waals surface area contributed by atoms with Gasteiger partial charge in [-0.25, -0.2) is 12.7 Å². The highest BCUT2D eigenvalue weighted by Crippen LogP contribution is 2.10. The summed E-state index contributed by atoms with van der Waals surface area (Å²) in [5, 5.41) is 7.01. The van der Waals surface area contributed by atoms with E-state index >= 15 is 0 Å². The Labute approximate surface area is 120 Å². The molecule has 7 nitrogen and oxygen atoms in total. The zero-order valence-electron chi connectivity index (χ0n) is 12.0. The Kier molecular flexibility index (Phi) is 5.14. The summed E-state index contributed by atoms with van der Waals surface area (Å²) in [6.07, 6.45) is 0. The molecule has 1 aromatic rings. The second kappa shape index (κ2) is 6.66. The summed E-state index contributed by atoms with van der Waals surface area (Å²) in [6, 6.07) is 1.65. The molecule has 0 amide bonds. The van der Waals surface area contributed by atoms with Crippen LogP contribution in [-0.2, 0) is 15.8 Å². The van der Waals surface area contributed by atoms with Gasteiger partial charge in [-0.3, -0.25) is 4.90 Å². The SMILES string of the molecule is Cc1cc(CS(=O)(=O)N(C)CCN2CCNCC2)no1. The third-order valence-corrected chi connectivity index (χ3v) is 5.22. The monoisotopic (exact) mass is 302 g/mol. The van der Waals surface area contributed by atoms with E-state index < -0.39 is 10.0 Å². The number of aryl methyl sites for hydroxylation is 1. The molecule has 0 spiro atoms. The number of sulfonamides is 1. The van der Waals surface area contributed by atoms with E-state index in [4.69, 9.17) is 4.52 Å². The van der Waals surface area contributed by atoms with Gasteiger partial charge in [-0.1, -0.05) is 5.16 Å². The molecule has 8 heteroatoms. The number of piperazine rings is 1. The van der Waals surface area contributed by atoms with Gasteiger partial charge in [-0.05, 0) is 6.92 Å². The highest BCUT2D eigenvalue weighted by Gasteiger charge is 2.21. The third kappa shape index (κ3) is 4.27. The van der Waals surface area contributed by atoms with Crippen molar-refractivity contribution in [2.45, 2.75) is 12.7 Å². The van der Waals surface area contributed by atoms with E-state index in [2.05, 4.69) is 15.4 Å². The van der Waals surface area contributed by atoms with Gasteiger partial charge in [0.1, 0.15) is 17.2 Å². The van der Waals surface area contributed by atoms with Crippen molar-refractivity contribution >= 4 is 10.0 Å². The maximum atomic E-state index is 12.2. The minimum atomic E-state index is -3.33. The number of hydrogen-bond acceptors (Lipinski definition) is 6. The summed E-state index contributed by atoms with van der Waals surface area (Å²) in [7, 11) is -1.72. The molecular weight excluding hydrogens is 280 g/mol.